The topological polar surface area (TPSA) is 202 Å². The maximum Gasteiger partial charge on any atom is 0.320 e. The Bertz CT molecular complexity index is 869. The molecule has 2 rings (SSSR count). The fourth-order valence-electron chi connectivity index (χ4n) is 3.59. The highest BCUT2D eigenvalue weighted by molar-refractivity contribution is 7.99. The van der Waals surface area contributed by atoms with E-state index in [4.69, 9.17) is 21.8 Å². The molecule has 1 aromatic heterocycles. The number of carboxylic acid groups (broad SMARTS) is 3. The average Bonchev–Trinajstić information content (AvgIpc) is 2.89. The number of aliphatic carboxylic acids is 3. The van der Waals surface area contributed by atoms with Crippen molar-refractivity contribution < 1.29 is 34.5 Å². The molecule has 0 radical (unpaired) electrons. The van der Waals surface area contributed by atoms with Crippen molar-refractivity contribution in [3.8, 4) is 0 Å². The lowest BCUT2D eigenvalue weighted by Gasteiger charge is -2.30. The van der Waals surface area contributed by atoms with E-state index in [0.717, 1.165) is 0 Å². The van der Waals surface area contributed by atoms with Gasteiger partial charge in [-0.1, -0.05) is 11.8 Å². The van der Waals surface area contributed by atoms with Crippen molar-refractivity contribution in [1.82, 2.24) is 40.4 Å². The molecule has 0 bridgehead atoms. The van der Waals surface area contributed by atoms with Gasteiger partial charge in [0.2, 0.25) is 11.1 Å². The van der Waals surface area contributed by atoms with Crippen LogP contribution in [-0.2, 0) is 19.2 Å². The minimum Gasteiger partial charge on any atom is -0.480 e. The number of nitrogens with zero attached hydrogens (tertiary/aromatic N) is 7. The second-order valence-corrected chi connectivity index (χ2v) is 9.32. The lowest BCUT2D eigenvalue weighted by Crippen LogP contribution is -2.47. The third-order valence-electron chi connectivity index (χ3n) is 5.32. The van der Waals surface area contributed by atoms with Crippen LogP contribution in [0, 0.1) is 0 Å². The van der Waals surface area contributed by atoms with Crippen LogP contribution >= 0.6 is 23.4 Å². The van der Waals surface area contributed by atoms with Crippen LogP contribution < -0.4 is 5.32 Å². The number of rotatable bonds is 13. The first-order valence-corrected chi connectivity index (χ1v) is 12.5. The second kappa shape index (κ2) is 15.5. The van der Waals surface area contributed by atoms with Crippen LogP contribution in [0.1, 0.15) is 12.8 Å². The molecular formula is C19H29ClN8O7S. The number of carbonyl (C=O) groups excluding carboxylic acids is 1. The number of carbonyl (C=O) groups is 4. The smallest absolute Gasteiger partial charge is 0.320 e. The van der Waals surface area contributed by atoms with Crippen molar-refractivity contribution in [2.24, 2.45) is 0 Å². The Labute approximate surface area is 216 Å². The zero-order valence-electron chi connectivity index (χ0n) is 19.5. The van der Waals surface area contributed by atoms with E-state index in [-0.39, 0.29) is 50.2 Å². The Morgan fingerprint density at radius 3 is 1.92 bits per heavy atom. The lowest BCUT2D eigenvalue weighted by atomic mass is 10.1. The fourth-order valence-corrected chi connectivity index (χ4v) is 4.24. The van der Waals surface area contributed by atoms with Crippen molar-refractivity contribution in [1.29, 1.82) is 0 Å². The summed E-state index contributed by atoms with van der Waals surface area (Å²) in [5, 5.41) is 45.7. The summed E-state index contributed by atoms with van der Waals surface area (Å²) in [4.78, 5) is 51.7. The monoisotopic (exact) mass is 548 g/mol. The third-order valence-corrected chi connectivity index (χ3v) is 6.30. The lowest BCUT2D eigenvalue weighted by molar-refractivity contribution is -0.144. The summed E-state index contributed by atoms with van der Waals surface area (Å²) in [5.74, 6) is -3.02. The number of hydrogen-bond acceptors (Lipinski definition) is 12. The van der Waals surface area contributed by atoms with Crippen LogP contribution in [0.25, 0.3) is 0 Å². The summed E-state index contributed by atoms with van der Waals surface area (Å²) < 4.78 is 0. The Morgan fingerprint density at radius 1 is 0.889 bits per heavy atom. The molecule has 1 aromatic rings. The Kier molecular flexibility index (Phi) is 12.7. The average molecular weight is 549 g/mol. The third kappa shape index (κ3) is 11.4. The van der Waals surface area contributed by atoms with E-state index in [1.165, 1.54) is 11.8 Å². The van der Waals surface area contributed by atoms with Crippen LogP contribution in [0.15, 0.2) is 5.16 Å². The summed E-state index contributed by atoms with van der Waals surface area (Å²) in [6, 6.07) is -0.985. The molecule has 0 aliphatic carbocycles. The van der Waals surface area contributed by atoms with E-state index in [9.17, 15) is 24.3 Å². The molecule has 1 aliphatic rings. The van der Waals surface area contributed by atoms with Gasteiger partial charge in [0, 0.05) is 58.0 Å². The van der Waals surface area contributed by atoms with Gasteiger partial charge in [-0.25, -0.2) is 0 Å². The summed E-state index contributed by atoms with van der Waals surface area (Å²) >= 11 is 6.74. The minimum absolute atomic E-state index is 0.0314. The van der Waals surface area contributed by atoms with Crippen molar-refractivity contribution in [2.45, 2.75) is 24.0 Å². The summed E-state index contributed by atoms with van der Waals surface area (Å²) in [5.41, 5.74) is 0. The molecule has 1 saturated heterocycles. The van der Waals surface area contributed by atoms with Crippen LogP contribution in [0.4, 0.5) is 0 Å². The highest BCUT2D eigenvalue weighted by atomic mass is 35.5. The summed E-state index contributed by atoms with van der Waals surface area (Å²) in [6.07, 6.45) is 0.0106. The predicted octanol–water partition coefficient (Wildman–Crippen LogP) is -1.55. The molecule has 1 atom stereocenters. The number of amides is 1. The number of aromatic nitrogens is 4. The van der Waals surface area contributed by atoms with Crippen molar-refractivity contribution in [3.05, 3.63) is 5.28 Å². The van der Waals surface area contributed by atoms with Crippen molar-refractivity contribution >= 4 is 47.2 Å². The van der Waals surface area contributed by atoms with Crippen LogP contribution in [0.5, 0.6) is 0 Å². The van der Waals surface area contributed by atoms with Gasteiger partial charge in [0.05, 0.1) is 13.1 Å². The standard InChI is InChI=1S/C19H29ClN8O7S/c20-18-22-24-19(25-23-18)36-10-3-21-14(29)2-1-13(17(34)35)28-8-6-26(11-15(30)31)4-5-27(7-9-28)12-16(32)33/h13H,1-12H2,(H,21,29)(H,30,31)(H,32,33)(H,34,35). The molecule has 1 unspecified atom stereocenters. The van der Waals surface area contributed by atoms with Crippen molar-refractivity contribution in [3.63, 3.8) is 0 Å². The van der Waals surface area contributed by atoms with Gasteiger partial charge in [0.15, 0.2) is 0 Å². The number of thioether (sulfide) groups is 1. The number of nitrogens with one attached hydrogen (secondary N) is 1. The predicted molar refractivity (Wildman–Crippen MR) is 127 cm³/mol. The maximum absolute atomic E-state index is 12.3. The molecule has 200 valence electrons. The van der Waals surface area contributed by atoms with Gasteiger partial charge in [-0.3, -0.25) is 33.9 Å². The quantitative estimate of drug-likeness (QED) is 0.163. The highest BCUT2D eigenvalue weighted by Gasteiger charge is 2.28. The molecule has 0 spiro atoms. The number of halogens is 1. The molecule has 15 nitrogen and oxygen atoms in total. The second-order valence-electron chi connectivity index (χ2n) is 7.92. The first-order valence-electron chi connectivity index (χ1n) is 11.1. The first-order chi connectivity index (χ1) is 17.1. The van der Waals surface area contributed by atoms with E-state index < -0.39 is 23.9 Å². The molecule has 1 aliphatic heterocycles. The van der Waals surface area contributed by atoms with Gasteiger partial charge in [0.1, 0.15) is 6.04 Å². The van der Waals surface area contributed by atoms with Crippen LogP contribution in [0.3, 0.4) is 0 Å². The van der Waals surface area contributed by atoms with E-state index in [1.807, 2.05) is 0 Å². The van der Waals surface area contributed by atoms with Gasteiger partial charge in [-0.15, -0.1) is 20.4 Å². The molecule has 0 aromatic carbocycles. The number of carboxylic acids is 3. The maximum atomic E-state index is 12.3. The first kappa shape index (κ1) is 29.6. The minimum atomic E-state index is -1.10. The van der Waals surface area contributed by atoms with E-state index in [0.29, 0.717) is 43.6 Å². The molecule has 2 heterocycles. The molecule has 0 saturated carbocycles. The van der Waals surface area contributed by atoms with Gasteiger partial charge >= 0.3 is 17.9 Å². The molecule has 1 amide bonds. The van der Waals surface area contributed by atoms with Gasteiger partial charge in [0.25, 0.3) is 5.28 Å². The summed E-state index contributed by atoms with van der Waals surface area (Å²) in [7, 11) is 0. The van der Waals surface area contributed by atoms with E-state index >= 15 is 0 Å². The Morgan fingerprint density at radius 2 is 1.42 bits per heavy atom. The van der Waals surface area contributed by atoms with Crippen LogP contribution in [0.2, 0.25) is 5.28 Å². The van der Waals surface area contributed by atoms with E-state index in [1.54, 1.807) is 14.7 Å². The van der Waals surface area contributed by atoms with Crippen molar-refractivity contribution in [2.75, 3.05) is 64.7 Å². The van der Waals surface area contributed by atoms with Gasteiger partial charge in [-0.2, -0.15) is 0 Å². The SMILES string of the molecule is O=C(O)CN1CCN(CC(=O)O)CCN(C(CCC(=O)NCCSc2nnc(Cl)nn2)C(=O)O)CC1. The van der Waals surface area contributed by atoms with Gasteiger partial charge < -0.3 is 20.6 Å². The zero-order chi connectivity index (χ0) is 26.5. The zero-order valence-corrected chi connectivity index (χ0v) is 21.0. The largest absolute Gasteiger partial charge is 0.480 e. The Balaban J connectivity index is 1.89. The van der Waals surface area contributed by atoms with E-state index in [2.05, 4.69) is 25.7 Å². The number of hydrogen-bond donors (Lipinski definition) is 4. The molecule has 36 heavy (non-hydrogen) atoms. The highest BCUT2D eigenvalue weighted by Crippen LogP contribution is 2.12. The van der Waals surface area contributed by atoms with Gasteiger partial charge in [-0.05, 0) is 18.0 Å². The fraction of sp³-hybridized carbons (Fsp3) is 0.684. The van der Waals surface area contributed by atoms with Crippen LogP contribution in [-0.4, -0.2) is 145 Å². The molecule has 4 N–H and O–H groups in total. The molecule has 1 fully saturated rings. The molecule has 17 heteroatoms. The summed E-state index contributed by atoms with van der Waals surface area (Å²) in [6.45, 7) is 1.66. The molecular weight excluding hydrogens is 520 g/mol. The Hall–Kier alpha value is -2.66. The normalized spacial score (nSPS) is 16.9.